The van der Waals surface area contributed by atoms with E-state index < -0.39 is 4.92 Å². The minimum atomic E-state index is -0.615. The largest absolute Gasteiger partial charge is 0.404 e. The Morgan fingerprint density at radius 3 is 2.71 bits per heavy atom. The molecule has 0 atom stereocenters. The summed E-state index contributed by atoms with van der Waals surface area (Å²) in [7, 11) is 0. The lowest BCUT2D eigenvalue weighted by atomic mass is 10.2. The monoisotopic (exact) mass is 416 g/mol. The molecule has 0 saturated heterocycles. The van der Waals surface area contributed by atoms with Crippen molar-refractivity contribution in [3.8, 4) is 0 Å². The molecular weight excluding hydrogens is 408 g/mol. The minimum Gasteiger partial charge on any atom is -0.358 e. The van der Waals surface area contributed by atoms with E-state index in [0.717, 1.165) is 10.0 Å². The summed E-state index contributed by atoms with van der Waals surface area (Å²) in [5.74, 6) is -0.635. The van der Waals surface area contributed by atoms with Crippen molar-refractivity contribution in [1.82, 2.24) is 9.78 Å². The van der Waals surface area contributed by atoms with E-state index in [9.17, 15) is 14.9 Å². The standard InChI is InChI=1S/C12H10Br2N4O3/c1-7-4-8(2-3-9(7)13)15-11(19)6-17-5-10(14)12(16-17)18(20)21/h2-5H,6H2,1H3,(H,15,19). The summed E-state index contributed by atoms with van der Waals surface area (Å²) >= 11 is 6.41. The number of hydrogen-bond acceptors (Lipinski definition) is 4. The fraction of sp³-hybridized carbons (Fsp3) is 0.167. The van der Waals surface area contributed by atoms with Crippen LogP contribution in [0, 0.1) is 17.0 Å². The molecule has 0 saturated carbocycles. The normalized spacial score (nSPS) is 10.4. The van der Waals surface area contributed by atoms with Gasteiger partial charge in [-0.05, 0) is 51.5 Å². The van der Waals surface area contributed by atoms with E-state index in [2.05, 4.69) is 42.3 Å². The van der Waals surface area contributed by atoms with Crippen LogP contribution in [0.4, 0.5) is 11.5 Å². The van der Waals surface area contributed by atoms with Gasteiger partial charge in [-0.2, -0.15) is 4.68 Å². The van der Waals surface area contributed by atoms with Gasteiger partial charge in [0.15, 0.2) is 0 Å². The second kappa shape index (κ2) is 6.35. The molecule has 0 spiro atoms. The van der Waals surface area contributed by atoms with Gasteiger partial charge in [0, 0.05) is 10.2 Å². The van der Waals surface area contributed by atoms with Crippen molar-refractivity contribution in [2.24, 2.45) is 0 Å². The van der Waals surface area contributed by atoms with Crippen LogP contribution in [-0.2, 0) is 11.3 Å². The lowest BCUT2D eigenvalue weighted by molar-refractivity contribution is -0.390. The van der Waals surface area contributed by atoms with Crippen molar-refractivity contribution in [2.45, 2.75) is 13.5 Å². The number of amides is 1. The smallest absolute Gasteiger partial charge is 0.358 e. The van der Waals surface area contributed by atoms with Gasteiger partial charge in [0.1, 0.15) is 11.0 Å². The zero-order valence-electron chi connectivity index (χ0n) is 10.8. The molecule has 2 aromatic rings. The molecule has 7 nitrogen and oxygen atoms in total. The molecule has 0 aliphatic heterocycles. The molecule has 21 heavy (non-hydrogen) atoms. The number of carbonyl (C=O) groups excluding carboxylic acids is 1. The first kappa shape index (κ1) is 15.6. The topological polar surface area (TPSA) is 90.1 Å². The highest BCUT2D eigenvalue weighted by molar-refractivity contribution is 9.10. The van der Waals surface area contributed by atoms with E-state index >= 15 is 0 Å². The van der Waals surface area contributed by atoms with Gasteiger partial charge >= 0.3 is 5.82 Å². The summed E-state index contributed by atoms with van der Waals surface area (Å²) in [6.45, 7) is 1.80. The number of aromatic nitrogens is 2. The number of carbonyl (C=O) groups is 1. The van der Waals surface area contributed by atoms with Gasteiger partial charge in [0.05, 0.1) is 11.3 Å². The van der Waals surface area contributed by atoms with Crippen LogP contribution >= 0.6 is 31.9 Å². The van der Waals surface area contributed by atoms with Crippen molar-refractivity contribution in [1.29, 1.82) is 0 Å². The summed E-state index contributed by atoms with van der Waals surface area (Å²) in [6.07, 6.45) is 1.39. The number of nitro groups is 1. The third-order valence-electron chi connectivity index (χ3n) is 2.62. The molecule has 1 aromatic carbocycles. The Balaban J connectivity index is 2.06. The number of hydrogen-bond donors (Lipinski definition) is 1. The molecule has 9 heteroatoms. The van der Waals surface area contributed by atoms with Crippen molar-refractivity contribution in [3.05, 3.63) is 49.0 Å². The number of nitrogens with zero attached hydrogens (tertiary/aromatic N) is 3. The lowest BCUT2D eigenvalue weighted by Crippen LogP contribution is -2.19. The zero-order chi connectivity index (χ0) is 15.6. The number of benzene rings is 1. The van der Waals surface area contributed by atoms with E-state index in [0.29, 0.717) is 5.69 Å². The van der Waals surface area contributed by atoms with Crippen LogP contribution in [0.15, 0.2) is 33.3 Å². The molecule has 0 aliphatic rings. The Hall–Kier alpha value is -1.74. The van der Waals surface area contributed by atoms with Crippen LogP contribution in [0.25, 0.3) is 0 Å². The molecule has 1 amide bonds. The van der Waals surface area contributed by atoms with Gasteiger partial charge in [-0.25, -0.2) is 0 Å². The maximum absolute atomic E-state index is 11.9. The molecule has 0 aliphatic carbocycles. The van der Waals surface area contributed by atoms with Crippen molar-refractivity contribution in [2.75, 3.05) is 5.32 Å². The fourth-order valence-electron chi connectivity index (χ4n) is 1.66. The minimum absolute atomic E-state index is 0.110. The Morgan fingerprint density at radius 1 is 1.43 bits per heavy atom. The van der Waals surface area contributed by atoms with E-state index in [-0.39, 0.29) is 22.7 Å². The number of halogens is 2. The molecule has 0 fully saturated rings. The van der Waals surface area contributed by atoms with Gasteiger partial charge in [-0.1, -0.05) is 15.9 Å². The van der Waals surface area contributed by atoms with Gasteiger partial charge in [0.25, 0.3) is 0 Å². The van der Waals surface area contributed by atoms with Crippen LogP contribution in [-0.4, -0.2) is 20.6 Å². The van der Waals surface area contributed by atoms with Crippen LogP contribution in [0.1, 0.15) is 5.56 Å². The Kier molecular flexibility index (Phi) is 4.73. The summed E-state index contributed by atoms with van der Waals surface area (Å²) < 4.78 is 2.40. The Labute approximate surface area is 136 Å². The summed E-state index contributed by atoms with van der Waals surface area (Å²) in [4.78, 5) is 22.0. The van der Waals surface area contributed by atoms with Crippen LogP contribution < -0.4 is 5.32 Å². The first-order valence-corrected chi connectivity index (χ1v) is 7.39. The highest BCUT2D eigenvalue weighted by atomic mass is 79.9. The summed E-state index contributed by atoms with van der Waals surface area (Å²) in [5, 5.41) is 17.1. The fourth-order valence-corrected chi connectivity index (χ4v) is 2.37. The molecular formula is C12H10Br2N4O3. The van der Waals surface area contributed by atoms with E-state index in [1.54, 1.807) is 6.07 Å². The van der Waals surface area contributed by atoms with Crippen LogP contribution in [0.3, 0.4) is 0 Å². The zero-order valence-corrected chi connectivity index (χ0v) is 14.0. The van der Waals surface area contributed by atoms with Crippen LogP contribution in [0.2, 0.25) is 0 Å². The summed E-state index contributed by atoms with van der Waals surface area (Å²) in [5.41, 5.74) is 1.65. The van der Waals surface area contributed by atoms with Crippen LogP contribution in [0.5, 0.6) is 0 Å². The van der Waals surface area contributed by atoms with Gasteiger partial charge in [-0.3, -0.25) is 4.79 Å². The second-order valence-corrected chi connectivity index (χ2v) is 5.98. The van der Waals surface area contributed by atoms with E-state index in [1.807, 2.05) is 19.1 Å². The molecule has 0 bridgehead atoms. The Morgan fingerprint density at radius 2 is 2.14 bits per heavy atom. The van der Waals surface area contributed by atoms with Gasteiger partial charge < -0.3 is 15.4 Å². The molecule has 1 N–H and O–H groups in total. The predicted octanol–water partition coefficient (Wildman–Crippen LogP) is 3.26. The van der Waals surface area contributed by atoms with Crippen molar-refractivity contribution < 1.29 is 9.72 Å². The number of nitrogens with one attached hydrogen (secondary N) is 1. The number of rotatable bonds is 4. The SMILES string of the molecule is Cc1cc(NC(=O)Cn2cc(Br)c([N+](=O)[O-])n2)ccc1Br. The van der Waals surface area contributed by atoms with Crippen molar-refractivity contribution >= 4 is 49.3 Å². The first-order valence-electron chi connectivity index (χ1n) is 5.80. The van der Waals surface area contributed by atoms with Gasteiger partial charge in [-0.15, -0.1) is 0 Å². The lowest BCUT2D eigenvalue weighted by Gasteiger charge is -2.06. The first-order chi connectivity index (χ1) is 9.86. The molecule has 0 unspecified atom stereocenters. The maximum atomic E-state index is 11.9. The molecule has 2 rings (SSSR count). The Bertz CT molecular complexity index is 715. The molecule has 1 heterocycles. The molecule has 0 radical (unpaired) electrons. The van der Waals surface area contributed by atoms with Crippen molar-refractivity contribution in [3.63, 3.8) is 0 Å². The average molecular weight is 418 g/mol. The number of aryl methyl sites for hydroxylation is 1. The highest BCUT2D eigenvalue weighted by Gasteiger charge is 2.19. The average Bonchev–Trinajstić information content (AvgIpc) is 2.75. The predicted molar refractivity (Wildman–Crippen MR) is 84.1 cm³/mol. The third-order valence-corrected chi connectivity index (χ3v) is 4.07. The van der Waals surface area contributed by atoms with Gasteiger partial charge in [0.2, 0.25) is 5.91 Å². The summed E-state index contributed by atoms with van der Waals surface area (Å²) in [6, 6.07) is 5.42. The molecule has 1 aromatic heterocycles. The highest BCUT2D eigenvalue weighted by Crippen LogP contribution is 2.22. The van der Waals surface area contributed by atoms with E-state index in [4.69, 9.17) is 0 Å². The molecule has 110 valence electrons. The number of anilines is 1. The quantitative estimate of drug-likeness (QED) is 0.610. The third kappa shape index (κ3) is 3.88. The van der Waals surface area contributed by atoms with E-state index in [1.165, 1.54) is 10.9 Å². The maximum Gasteiger partial charge on any atom is 0.404 e. The second-order valence-electron chi connectivity index (χ2n) is 4.27.